The minimum atomic E-state index is -0.789. The SMILES string of the molecule is CC(C)(C)OC(=O)Nc1ccnc(CCCCC(=O)O)c1. The van der Waals surface area contributed by atoms with Crippen LogP contribution in [-0.2, 0) is 16.0 Å². The number of anilines is 1. The third kappa shape index (κ3) is 7.91. The number of nitrogens with zero attached hydrogens (tertiary/aromatic N) is 1. The van der Waals surface area contributed by atoms with Gasteiger partial charge in [-0.25, -0.2) is 4.79 Å². The maximum atomic E-state index is 11.7. The number of aliphatic carboxylic acids is 1. The second kappa shape index (κ2) is 7.61. The molecule has 1 heterocycles. The summed E-state index contributed by atoms with van der Waals surface area (Å²) in [4.78, 5) is 26.3. The summed E-state index contributed by atoms with van der Waals surface area (Å²) in [5, 5.41) is 11.2. The van der Waals surface area contributed by atoms with E-state index in [9.17, 15) is 9.59 Å². The summed E-state index contributed by atoms with van der Waals surface area (Å²) >= 11 is 0. The molecule has 0 aliphatic heterocycles. The third-order valence-corrected chi connectivity index (χ3v) is 2.54. The van der Waals surface area contributed by atoms with E-state index in [4.69, 9.17) is 9.84 Å². The van der Waals surface area contributed by atoms with E-state index in [1.165, 1.54) is 0 Å². The molecule has 116 valence electrons. The number of carbonyl (C=O) groups is 2. The molecule has 0 bridgehead atoms. The number of carboxylic acid groups (broad SMARTS) is 1. The van der Waals surface area contributed by atoms with Gasteiger partial charge in [0.2, 0.25) is 0 Å². The Hall–Kier alpha value is -2.11. The van der Waals surface area contributed by atoms with E-state index in [1.807, 2.05) is 0 Å². The summed E-state index contributed by atoms with van der Waals surface area (Å²) in [7, 11) is 0. The van der Waals surface area contributed by atoms with Crippen molar-refractivity contribution in [2.24, 2.45) is 0 Å². The molecule has 0 spiro atoms. The van der Waals surface area contributed by atoms with Gasteiger partial charge in [-0.05, 0) is 52.2 Å². The number of unbranched alkanes of at least 4 members (excludes halogenated alkanes) is 1. The van der Waals surface area contributed by atoms with Gasteiger partial charge < -0.3 is 9.84 Å². The molecule has 0 unspecified atom stereocenters. The van der Waals surface area contributed by atoms with E-state index in [-0.39, 0.29) is 6.42 Å². The van der Waals surface area contributed by atoms with E-state index in [2.05, 4.69) is 10.3 Å². The first-order chi connectivity index (χ1) is 9.76. The first-order valence-electron chi connectivity index (χ1n) is 6.93. The van der Waals surface area contributed by atoms with Crippen LogP contribution in [0.4, 0.5) is 10.5 Å². The summed E-state index contributed by atoms with van der Waals surface area (Å²) in [5.74, 6) is -0.789. The molecule has 21 heavy (non-hydrogen) atoms. The average molecular weight is 294 g/mol. The van der Waals surface area contributed by atoms with E-state index in [0.717, 1.165) is 12.1 Å². The first kappa shape index (κ1) is 16.9. The predicted molar refractivity (Wildman–Crippen MR) is 79.3 cm³/mol. The van der Waals surface area contributed by atoms with E-state index in [0.29, 0.717) is 18.5 Å². The highest BCUT2D eigenvalue weighted by Crippen LogP contribution is 2.13. The lowest BCUT2D eigenvalue weighted by atomic mass is 10.1. The van der Waals surface area contributed by atoms with Crippen molar-refractivity contribution in [1.82, 2.24) is 4.98 Å². The fourth-order valence-electron chi connectivity index (χ4n) is 1.70. The van der Waals surface area contributed by atoms with Gasteiger partial charge in [0, 0.05) is 24.0 Å². The minimum Gasteiger partial charge on any atom is -0.481 e. The molecular formula is C15H22N2O4. The number of hydrogen-bond donors (Lipinski definition) is 2. The van der Waals surface area contributed by atoms with E-state index < -0.39 is 17.7 Å². The van der Waals surface area contributed by atoms with Gasteiger partial charge in [-0.2, -0.15) is 0 Å². The maximum Gasteiger partial charge on any atom is 0.412 e. The molecule has 2 N–H and O–H groups in total. The first-order valence-corrected chi connectivity index (χ1v) is 6.93. The zero-order valence-corrected chi connectivity index (χ0v) is 12.7. The van der Waals surface area contributed by atoms with Gasteiger partial charge in [-0.3, -0.25) is 15.1 Å². The van der Waals surface area contributed by atoms with Crippen molar-refractivity contribution >= 4 is 17.7 Å². The molecule has 0 aromatic carbocycles. The van der Waals surface area contributed by atoms with Crippen LogP contribution in [0.3, 0.4) is 0 Å². The van der Waals surface area contributed by atoms with Crippen LogP contribution >= 0.6 is 0 Å². The second-order valence-electron chi connectivity index (χ2n) is 5.76. The fraction of sp³-hybridized carbons (Fsp3) is 0.533. The number of carbonyl (C=O) groups excluding carboxylic acids is 1. The Balaban J connectivity index is 2.48. The Morgan fingerprint density at radius 1 is 1.33 bits per heavy atom. The maximum absolute atomic E-state index is 11.7. The smallest absolute Gasteiger partial charge is 0.412 e. The van der Waals surface area contributed by atoms with Crippen molar-refractivity contribution in [2.45, 2.75) is 52.1 Å². The van der Waals surface area contributed by atoms with Crippen LogP contribution in [0.1, 0.15) is 45.7 Å². The number of ether oxygens (including phenoxy) is 1. The fourth-order valence-corrected chi connectivity index (χ4v) is 1.70. The van der Waals surface area contributed by atoms with Crippen LogP contribution in [0.25, 0.3) is 0 Å². The number of amides is 1. The summed E-state index contributed by atoms with van der Waals surface area (Å²) in [5.41, 5.74) is 0.887. The molecule has 0 saturated heterocycles. The highest BCUT2D eigenvalue weighted by Gasteiger charge is 2.16. The molecule has 6 heteroatoms. The minimum absolute atomic E-state index is 0.163. The monoisotopic (exact) mass is 294 g/mol. The van der Waals surface area contributed by atoms with Crippen molar-refractivity contribution in [2.75, 3.05) is 5.32 Å². The van der Waals surface area contributed by atoms with Crippen molar-refractivity contribution in [3.05, 3.63) is 24.0 Å². The standard InChI is InChI=1S/C15H22N2O4/c1-15(2,3)21-14(20)17-12-8-9-16-11(10-12)6-4-5-7-13(18)19/h8-10H,4-7H2,1-3H3,(H,18,19)(H,16,17,20). The number of hydrogen-bond acceptors (Lipinski definition) is 4. The zero-order chi connectivity index (χ0) is 15.9. The summed E-state index contributed by atoms with van der Waals surface area (Å²) in [6, 6.07) is 3.45. The van der Waals surface area contributed by atoms with Gasteiger partial charge in [0.05, 0.1) is 0 Å². The third-order valence-electron chi connectivity index (χ3n) is 2.54. The summed E-state index contributed by atoms with van der Waals surface area (Å²) < 4.78 is 5.17. The van der Waals surface area contributed by atoms with E-state index in [1.54, 1.807) is 39.1 Å². The van der Waals surface area contributed by atoms with Crippen LogP contribution in [0.15, 0.2) is 18.3 Å². The lowest BCUT2D eigenvalue weighted by Gasteiger charge is -2.19. The van der Waals surface area contributed by atoms with Gasteiger partial charge >= 0.3 is 12.1 Å². The van der Waals surface area contributed by atoms with Gasteiger partial charge in [0.25, 0.3) is 0 Å². The van der Waals surface area contributed by atoms with Gasteiger partial charge in [-0.1, -0.05) is 0 Å². The molecule has 0 radical (unpaired) electrons. The average Bonchev–Trinajstić information content (AvgIpc) is 2.32. The largest absolute Gasteiger partial charge is 0.481 e. The lowest BCUT2D eigenvalue weighted by Crippen LogP contribution is -2.27. The lowest BCUT2D eigenvalue weighted by molar-refractivity contribution is -0.137. The van der Waals surface area contributed by atoms with Gasteiger partial charge in [0.1, 0.15) is 5.60 Å². The zero-order valence-electron chi connectivity index (χ0n) is 12.7. The molecule has 0 fully saturated rings. The Morgan fingerprint density at radius 3 is 2.67 bits per heavy atom. The van der Waals surface area contributed by atoms with Crippen LogP contribution < -0.4 is 5.32 Å². The molecule has 0 aliphatic carbocycles. The predicted octanol–water partition coefficient (Wildman–Crippen LogP) is 3.23. The van der Waals surface area contributed by atoms with Crippen molar-refractivity contribution < 1.29 is 19.4 Å². The number of rotatable bonds is 6. The molecule has 1 aromatic rings. The Labute approximate surface area is 124 Å². The van der Waals surface area contributed by atoms with Crippen molar-refractivity contribution in [1.29, 1.82) is 0 Å². The van der Waals surface area contributed by atoms with Crippen LogP contribution in [0, 0.1) is 0 Å². The van der Waals surface area contributed by atoms with Crippen LogP contribution in [-0.4, -0.2) is 27.8 Å². The van der Waals surface area contributed by atoms with Gasteiger partial charge in [0.15, 0.2) is 0 Å². The number of aryl methyl sites for hydroxylation is 1. The van der Waals surface area contributed by atoms with Gasteiger partial charge in [-0.15, -0.1) is 0 Å². The number of aromatic nitrogens is 1. The topological polar surface area (TPSA) is 88.5 Å². The Morgan fingerprint density at radius 2 is 2.05 bits per heavy atom. The second-order valence-corrected chi connectivity index (χ2v) is 5.76. The number of pyridine rings is 1. The Kier molecular flexibility index (Phi) is 6.14. The highest BCUT2D eigenvalue weighted by molar-refractivity contribution is 5.84. The number of carboxylic acids is 1. The molecule has 1 aromatic heterocycles. The number of nitrogens with one attached hydrogen (secondary N) is 1. The molecule has 0 atom stereocenters. The van der Waals surface area contributed by atoms with Crippen molar-refractivity contribution in [3.8, 4) is 0 Å². The molecular weight excluding hydrogens is 272 g/mol. The van der Waals surface area contributed by atoms with Crippen LogP contribution in [0.5, 0.6) is 0 Å². The molecule has 0 saturated carbocycles. The van der Waals surface area contributed by atoms with E-state index >= 15 is 0 Å². The molecule has 0 aliphatic rings. The van der Waals surface area contributed by atoms with Crippen molar-refractivity contribution in [3.63, 3.8) is 0 Å². The molecule has 6 nitrogen and oxygen atoms in total. The molecule has 1 amide bonds. The highest BCUT2D eigenvalue weighted by atomic mass is 16.6. The summed E-state index contributed by atoms with van der Waals surface area (Å²) in [6.07, 6.45) is 3.30. The summed E-state index contributed by atoms with van der Waals surface area (Å²) in [6.45, 7) is 5.40. The van der Waals surface area contributed by atoms with Crippen LogP contribution in [0.2, 0.25) is 0 Å². The molecule has 1 rings (SSSR count). The quantitative estimate of drug-likeness (QED) is 0.786. The Bertz CT molecular complexity index is 495. The normalized spacial score (nSPS) is 11.0.